The minimum absolute atomic E-state index is 0.933. The molecule has 12 heavy (non-hydrogen) atoms. The average Bonchev–Trinajstić information content (AvgIpc) is 2.12. The van der Waals surface area contributed by atoms with Crippen LogP contribution in [0.5, 0.6) is 0 Å². The SMILES string of the molecule is CC1CCN2CCCCC2C1C. The monoisotopic (exact) mass is 167 g/mol. The molecule has 1 nitrogen and oxygen atoms in total. The standard InChI is InChI=1S/C11H21N/c1-9-6-8-12-7-4-3-5-11(12)10(9)2/h9-11H,3-8H2,1-2H3. The summed E-state index contributed by atoms with van der Waals surface area (Å²) >= 11 is 0. The quantitative estimate of drug-likeness (QED) is 0.536. The molecule has 0 spiro atoms. The van der Waals surface area contributed by atoms with Crippen molar-refractivity contribution in [2.75, 3.05) is 13.1 Å². The van der Waals surface area contributed by atoms with Gasteiger partial charge in [0.05, 0.1) is 0 Å². The molecule has 2 heterocycles. The van der Waals surface area contributed by atoms with Crippen LogP contribution < -0.4 is 0 Å². The molecule has 0 amide bonds. The number of fused-ring (bicyclic) bond motifs is 1. The molecule has 2 fully saturated rings. The molecule has 0 aromatic carbocycles. The third-order valence-electron chi connectivity index (χ3n) is 4.04. The van der Waals surface area contributed by atoms with Crippen LogP contribution in [0.3, 0.4) is 0 Å². The summed E-state index contributed by atoms with van der Waals surface area (Å²) in [6.45, 7) is 7.63. The Labute approximate surface area is 76.1 Å². The van der Waals surface area contributed by atoms with Crippen molar-refractivity contribution in [3.8, 4) is 0 Å². The summed E-state index contributed by atoms with van der Waals surface area (Å²) in [4.78, 5) is 2.73. The summed E-state index contributed by atoms with van der Waals surface area (Å²) in [6.07, 6.45) is 5.80. The minimum Gasteiger partial charge on any atom is -0.300 e. The predicted octanol–water partition coefficient (Wildman–Crippen LogP) is 2.52. The number of hydrogen-bond acceptors (Lipinski definition) is 1. The van der Waals surface area contributed by atoms with E-state index >= 15 is 0 Å². The second-order valence-corrected chi connectivity index (χ2v) is 4.72. The fraction of sp³-hybridized carbons (Fsp3) is 1.00. The molecule has 2 aliphatic rings. The smallest absolute Gasteiger partial charge is 0.0123 e. The third kappa shape index (κ3) is 1.39. The van der Waals surface area contributed by atoms with Crippen molar-refractivity contribution in [1.29, 1.82) is 0 Å². The molecule has 0 radical (unpaired) electrons. The van der Waals surface area contributed by atoms with Crippen LogP contribution in [0.4, 0.5) is 0 Å². The highest BCUT2D eigenvalue weighted by Crippen LogP contribution is 2.33. The van der Waals surface area contributed by atoms with Crippen LogP contribution >= 0.6 is 0 Å². The largest absolute Gasteiger partial charge is 0.300 e. The second kappa shape index (κ2) is 3.37. The Bertz CT molecular complexity index is 153. The molecule has 0 aromatic heterocycles. The van der Waals surface area contributed by atoms with Crippen LogP contribution in [0.25, 0.3) is 0 Å². The zero-order valence-corrected chi connectivity index (χ0v) is 8.42. The maximum atomic E-state index is 2.73. The highest BCUT2D eigenvalue weighted by Gasteiger charge is 2.33. The fourth-order valence-electron chi connectivity index (χ4n) is 2.90. The predicted molar refractivity (Wildman–Crippen MR) is 52.2 cm³/mol. The highest BCUT2D eigenvalue weighted by molar-refractivity contribution is 4.87. The maximum Gasteiger partial charge on any atom is 0.0123 e. The summed E-state index contributed by atoms with van der Waals surface area (Å²) < 4.78 is 0. The van der Waals surface area contributed by atoms with E-state index in [2.05, 4.69) is 18.7 Å². The van der Waals surface area contributed by atoms with Crippen molar-refractivity contribution >= 4 is 0 Å². The van der Waals surface area contributed by atoms with E-state index in [1.807, 2.05) is 0 Å². The first-order chi connectivity index (χ1) is 5.79. The molecular weight excluding hydrogens is 146 g/mol. The number of nitrogens with zero attached hydrogens (tertiary/aromatic N) is 1. The summed E-state index contributed by atoms with van der Waals surface area (Å²) in [6, 6.07) is 0.933. The molecule has 2 rings (SSSR count). The van der Waals surface area contributed by atoms with Gasteiger partial charge in [-0.2, -0.15) is 0 Å². The lowest BCUT2D eigenvalue weighted by molar-refractivity contribution is 0.0361. The van der Waals surface area contributed by atoms with Gasteiger partial charge in [-0.1, -0.05) is 20.3 Å². The molecule has 70 valence electrons. The van der Waals surface area contributed by atoms with Gasteiger partial charge in [0.1, 0.15) is 0 Å². The van der Waals surface area contributed by atoms with Crippen LogP contribution in [0.1, 0.15) is 39.5 Å². The summed E-state index contributed by atoms with van der Waals surface area (Å²) in [7, 11) is 0. The van der Waals surface area contributed by atoms with E-state index in [1.165, 1.54) is 38.8 Å². The molecule has 0 aromatic rings. The van der Waals surface area contributed by atoms with E-state index in [-0.39, 0.29) is 0 Å². The molecular formula is C11H21N. The first kappa shape index (κ1) is 8.55. The molecule has 0 N–H and O–H groups in total. The topological polar surface area (TPSA) is 3.24 Å². The van der Waals surface area contributed by atoms with E-state index in [1.54, 1.807) is 0 Å². The normalized spacial score (nSPS) is 44.0. The van der Waals surface area contributed by atoms with Crippen molar-refractivity contribution in [3.05, 3.63) is 0 Å². The first-order valence-electron chi connectivity index (χ1n) is 5.53. The lowest BCUT2D eigenvalue weighted by Gasteiger charge is -2.46. The van der Waals surface area contributed by atoms with E-state index in [9.17, 15) is 0 Å². The molecule has 0 saturated carbocycles. The Hall–Kier alpha value is -0.0400. The second-order valence-electron chi connectivity index (χ2n) is 4.72. The van der Waals surface area contributed by atoms with E-state index in [0.29, 0.717) is 0 Å². The molecule has 1 heteroatoms. The van der Waals surface area contributed by atoms with Gasteiger partial charge in [-0.15, -0.1) is 0 Å². The van der Waals surface area contributed by atoms with Crippen molar-refractivity contribution in [1.82, 2.24) is 4.90 Å². The van der Waals surface area contributed by atoms with Gasteiger partial charge in [-0.3, -0.25) is 0 Å². The lowest BCUT2D eigenvalue weighted by Crippen LogP contribution is -2.49. The van der Waals surface area contributed by atoms with Gasteiger partial charge in [0.2, 0.25) is 0 Å². The Kier molecular flexibility index (Phi) is 2.40. The van der Waals surface area contributed by atoms with Gasteiger partial charge < -0.3 is 4.90 Å². The van der Waals surface area contributed by atoms with Gasteiger partial charge in [-0.05, 0) is 44.2 Å². The Balaban J connectivity index is 2.03. The zero-order chi connectivity index (χ0) is 8.55. The third-order valence-corrected chi connectivity index (χ3v) is 4.04. The number of rotatable bonds is 0. The molecule has 2 saturated heterocycles. The van der Waals surface area contributed by atoms with Crippen molar-refractivity contribution in [2.45, 2.75) is 45.6 Å². The van der Waals surface area contributed by atoms with Gasteiger partial charge in [0, 0.05) is 6.04 Å². The van der Waals surface area contributed by atoms with E-state index < -0.39 is 0 Å². The minimum atomic E-state index is 0.933. The summed E-state index contributed by atoms with van der Waals surface area (Å²) in [5.74, 6) is 1.91. The van der Waals surface area contributed by atoms with Crippen molar-refractivity contribution < 1.29 is 0 Å². The molecule has 3 atom stereocenters. The molecule has 0 aliphatic carbocycles. The van der Waals surface area contributed by atoms with Gasteiger partial charge in [0.15, 0.2) is 0 Å². The summed E-state index contributed by atoms with van der Waals surface area (Å²) in [5, 5.41) is 0. The number of hydrogen-bond donors (Lipinski definition) is 0. The maximum absolute atomic E-state index is 2.73. The van der Waals surface area contributed by atoms with Crippen LogP contribution in [0.2, 0.25) is 0 Å². The van der Waals surface area contributed by atoms with E-state index in [4.69, 9.17) is 0 Å². The molecule has 2 aliphatic heterocycles. The van der Waals surface area contributed by atoms with Crippen LogP contribution in [0.15, 0.2) is 0 Å². The molecule has 3 unspecified atom stereocenters. The van der Waals surface area contributed by atoms with E-state index in [0.717, 1.165) is 17.9 Å². The van der Waals surface area contributed by atoms with Crippen molar-refractivity contribution in [2.24, 2.45) is 11.8 Å². The zero-order valence-electron chi connectivity index (χ0n) is 8.42. The average molecular weight is 167 g/mol. The van der Waals surface area contributed by atoms with Crippen LogP contribution in [0, 0.1) is 11.8 Å². The first-order valence-corrected chi connectivity index (χ1v) is 5.53. The van der Waals surface area contributed by atoms with Gasteiger partial charge >= 0.3 is 0 Å². The van der Waals surface area contributed by atoms with Gasteiger partial charge in [-0.25, -0.2) is 0 Å². The number of piperidine rings is 2. The van der Waals surface area contributed by atoms with Crippen LogP contribution in [-0.4, -0.2) is 24.0 Å². The van der Waals surface area contributed by atoms with Crippen LogP contribution in [-0.2, 0) is 0 Å². The Morgan fingerprint density at radius 1 is 1.00 bits per heavy atom. The summed E-state index contributed by atoms with van der Waals surface area (Å²) in [5.41, 5.74) is 0. The molecule has 0 bridgehead atoms. The van der Waals surface area contributed by atoms with Gasteiger partial charge in [0.25, 0.3) is 0 Å². The Morgan fingerprint density at radius 3 is 2.67 bits per heavy atom. The van der Waals surface area contributed by atoms with Crippen molar-refractivity contribution in [3.63, 3.8) is 0 Å². The Morgan fingerprint density at radius 2 is 1.83 bits per heavy atom. The lowest BCUT2D eigenvalue weighted by atomic mass is 9.78. The fourth-order valence-corrected chi connectivity index (χ4v) is 2.90. The highest BCUT2D eigenvalue weighted by atomic mass is 15.2.